The van der Waals surface area contributed by atoms with Crippen LogP contribution in [0.25, 0.3) is 0 Å². The number of rotatable bonds is 9. The van der Waals surface area contributed by atoms with Gasteiger partial charge in [-0.2, -0.15) is 5.26 Å². The normalized spacial score (nSPS) is 20.9. The van der Waals surface area contributed by atoms with E-state index in [0.717, 1.165) is 29.2 Å². The van der Waals surface area contributed by atoms with E-state index in [0.29, 0.717) is 42.8 Å². The number of ether oxygens (including phenoxy) is 1. The van der Waals surface area contributed by atoms with Crippen LogP contribution >= 0.6 is 0 Å². The number of nitrogens with one attached hydrogen (secondary N) is 2. The number of aliphatic carboxylic acids is 1. The first-order valence-corrected chi connectivity index (χ1v) is 12.3. The molecule has 0 aromatic heterocycles. The number of benzene rings is 2. The van der Waals surface area contributed by atoms with Gasteiger partial charge in [0.05, 0.1) is 18.2 Å². The number of nitrogens with zero attached hydrogens (tertiary/aromatic N) is 1. The Morgan fingerprint density at radius 3 is 2.68 bits per heavy atom. The Labute approximate surface area is 216 Å². The zero-order valence-corrected chi connectivity index (χ0v) is 21.3. The summed E-state index contributed by atoms with van der Waals surface area (Å²) in [6.07, 6.45) is 4.35. The van der Waals surface area contributed by atoms with Crippen LogP contribution in [0.4, 0.5) is 5.69 Å². The van der Waals surface area contributed by atoms with Crippen molar-refractivity contribution in [3.8, 4) is 6.07 Å². The average molecular weight is 502 g/mol. The van der Waals surface area contributed by atoms with Crippen LogP contribution < -0.4 is 10.6 Å². The van der Waals surface area contributed by atoms with E-state index < -0.39 is 5.97 Å². The number of anilines is 1. The number of methoxy groups -OCH3 is 1. The minimum absolute atomic E-state index is 0.136. The SMILES string of the molecule is COCCNC(=O)c1ccc2c(c1)[C@@]1(C[C@H]1C(=O)Nc1cc(C#N)ccc1CC=CC(=O)O)CC2(C)C. The molecule has 0 bridgehead atoms. The molecular formula is C29H31N3O5. The maximum atomic E-state index is 13.5. The van der Waals surface area contributed by atoms with Crippen LogP contribution in [0.15, 0.2) is 48.6 Å². The van der Waals surface area contributed by atoms with E-state index in [4.69, 9.17) is 9.84 Å². The Balaban J connectivity index is 1.57. The van der Waals surface area contributed by atoms with Crippen LogP contribution in [0.1, 0.15) is 59.3 Å². The van der Waals surface area contributed by atoms with Gasteiger partial charge in [0.1, 0.15) is 0 Å². The molecule has 0 unspecified atom stereocenters. The number of carbonyl (C=O) groups is 3. The van der Waals surface area contributed by atoms with Crippen molar-refractivity contribution in [3.05, 3.63) is 76.4 Å². The van der Waals surface area contributed by atoms with Gasteiger partial charge in [0.25, 0.3) is 5.91 Å². The number of hydrogen-bond acceptors (Lipinski definition) is 5. The molecule has 2 aromatic rings. The second kappa shape index (κ2) is 10.2. The molecule has 0 aliphatic heterocycles. The van der Waals surface area contributed by atoms with Crippen molar-refractivity contribution in [1.82, 2.24) is 5.32 Å². The van der Waals surface area contributed by atoms with E-state index in [-0.39, 0.29) is 28.6 Å². The van der Waals surface area contributed by atoms with Gasteiger partial charge in [-0.15, -0.1) is 0 Å². The number of hydrogen-bond donors (Lipinski definition) is 3. The Morgan fingerprint density at radius 1 is 1.19 bits per heavy atom. The minimum Gasteiger partial charge on any atom is -0.478 e. The highest BCUT2D eigenvalue weighted by atomic mass is 16.5. The third kappa shape index (κ3) is 5.27. The smallest absolute Gasteiger partial charge is 0.327 e. The summed E-state index contributed by atoms with van der Waals surface area (Å²) in [4.78, 5) is 37.0. The van der Waals surface area contributed by atoms with Crippen LogP contribution in [0.2, 0.25) is 0 Å². The van der Waals surface area contributed by atoms with E-state index in [1.54, 1.807) is 25.3 Å². The predicted molar refractivity (Wildman–Crippen MR) is 138 cm³/mol. The zero-order valence-electron chi connectivity index (χ0n) is 21.3. The molecule has 1 fully saturated rings. The first-order chi connectivity index (χ1) is 17.6. The Bertz CT molecular complexity index is 1320. The topological polar surface area (TPSA) is 129 Å². The molecular weight excluding hydrogens is 470 g/mol. The molecule has 3 N–H and O–H groups in total. The Hall–Kier alpha value is -3.96. The van der Waals surface area contributed by atoms with Gasteiger partial charge in [0.15, 0.2) is 0 Å². The van der Waals surface area contributed by atoms with E-state index in [9.17, 15) is 19.6 Å². The summed E-state index contributed by atoms with van der Waals surface area (Å²) < 4.78 is 5.01. The van der Waals surface area contributed by atoms with E-state index >= 15 is 0 Å². The van der Waals surface area contributed by atoms with E-state index in [1.165, 1.54) is 6.08 Å². The second-order valence-electron chi connectivity index (χ2n) is 10.4. The van der Waals surface area contributed by atoms with Crippen molar-refractivity contribution in [3.63, 3.8) is 0 Å². The lowest BCUT2D eigenvalue weighted by Gasteiger charge is -2.19. The van der Waals surface area contributed by atoms with Crippen molar-refractivity contribution >= 4 is 23.5 Å². The molecule has 8 heteroatoms. The Kier molecular flexibility index (Phi) is 7.19. The predicted octanol–water partition coefficient (Wildman–Crippen LogP) is 3.70. The fourth-order valence-corrected chi connectivity index (χ4v) is 5.62. The van der Waals surface area contributed by atoms with Gasteiger partial charge in [-0.1, -0.05) is 32.1 Å². The molecule has 2 aromatic carbocycles. The van der Waals surface area contributed by atoms with Gasteiger partial charge < -0.3 is 20.5 Å². The molecule has 2 amide bonds. The second-order valence-corrected chi connectivity index (χ2v) is 10.4. The van der Waals surface area contributed by atoms with Gasteiger partial charge in [-0.25, -0.2) is 4.79 Å². The monoisotopic (exact) mass is 501 g/mol. The highest BCUT2D eigenvalue weighted by Crippen LogP contribution is 2.66. The summed E-state index contributed by atoms with van der Waals surface area (Å²) in [5.74, 6) is -1.63. The van der Waals surface area contributed by atoms with Gasteiger partial charge >= 0.3 is 5.97 Å². The molecule has 0 radical (unpaired) electrons. The number of carboxylic acid groups (broad SMARTS) is 1. The fourth-order valence-electron chi connectivity index (χ4n) is 5.62. The maximum Gasteiger partial charge on any atom is 0.327 e. The van der Waals surface area contributed by atoms with Crippen LogP contribution in [-0.2, 0) is 31.6 Å². The number of fused-ring (bicyclic) bond motifs is 2. The van der Waals surface area contributed by atoms with E-state index in [2.05, 4.69) is 30.6 Å². The number of carbonyl (C=O) groups excluding carboxylic acids is 2. The van der Waals surface area contributed by atoms with Crippen LogP contribution in [-0.4, -0.2) is 43.2 Å². The van der Waals surface area contributed by atoms with Crippen LogP contribution in [0, 0.1) is 17.2 Å². The Morgan fingerprint density at radius 2 is 1.97 bits per heavy atom. The third-order valence-corrected chi connectivity index (χ3v) is 7.38. The summed E-state index contributed by atoms with van der Waals surface area (Å²) in [6.45, 7) is 5.17. The van der Waals surface area contributed by atoms with Crippen molar-refractivity contribution in [1.29, 1.82) is 5.26 Å². The molecule has 0 heterocycles. The molecule has 2 aliphatic carbocycles. The van der Waals surface area contributed by atoms with Gasteiger partial charge in [0.2, 0.25) is 5.91 Å². The molecule has 1 spiro atoms. The highest BCUT2D eigenvalue weighted by Gasteiger charge is 2.65. The summed E-state index contributed by atoms with van der Waals surface area (Å²) in [6, 6.07) is 12.8. The minimum atomic E-state index is -1.05. The van der Waals surface area contributed by atoms with Crippen LogP contribution in [0.5, 0.6) is 0 Å². The first kappa shape index (κ1) is 26.1. The summed E-state index contributed by atoms with van der Waals surface area (Å²) in [5.41, 5.74) is 3.92. The van der Waals surface area contributed by atoms with Gasteiger partial charge in [-0.05, 0) is 65.6 Å². The van der Waals surface area contributed by atoms with Crippen LogP contribution in [0.3, 0.4) is 0 Å². The molecule has 1 saturated carbocycles. The number of nitriles is 1. The fraction of sp³-hybridized carbons (Fsp3) is 0.379. The van der Waals surface area contributed by atoms with Crippen molar-refractivity contribution in [2.24, 2.45) is 5.92 Å². The van der Waals surface area contributed by atoms with Crippen molar-refractivity contribution < 1.29 is 24.2 Å². The van der Waals surface area contributed by atoms with Gasteiger partial charge in [-0.3, -0.25) is 9.59 Å². The average Bonchev–Trinajstić information content (AvgIpc) is 3.53. The first-order valence-electron chi connectivity index (χ1n) is 12.3. The largest absolute Gasteiger partial charge is 0.478 e. The highest BCUT2D eigenvalue weighted by molar-refractivity contribution is 5.98. The molecule has 8 nitrogen and oxygen atoms in total. The summed E-state index contributed by atoms with van der Waals surface area (Å²) in [7, 11) is 1.58. The number of amides is 2. The maximum absolute atomic E-state index is 13.5. The lowest BCUT2D eigenvalue weighted by Crippen LogP contribution is -2.27. The standard InChI is InChI=1S/C29H31N3O5/c1-28(2)17-29(22-14-20(9-10-21(22)28)26(35)31-11-12-37-3)15-23(29)27(36)32-24-13-18(16-30)7-8-19(24)5-4-6-25(33)34/h4,6-10,13-14,23H,5,11-12,15,17H2,1-3H3,(H,31,35)(H,32,36)(H,33,34)/t23-,29+/m0/s1. The summed E-state index contributed by atoms with van der Waals surface area (Å²) in [5, 5.41) is 24.1. The molecule has 192 valence electrons. The van der Waals surface area contributed by atoms with E-state index in [1.807, 2.05) is 18.2 Å². The zero-order chi connectivity index (χ0) is 26.8. The molecule has 2 atom stereocenters. The lowest BCUT2D eigenvalue weighted by atomic mass is 9.85. The number of allylic oxidation sites excluding steroid dienone is 1. The molecule has 4 rings (SSSR count). The quantitative estimate of drug-likeness (QED) is 0.355. The van der Waals surface area contributed by atoms with Crippen molar-refractivity contribution in [2.45, 2.75) is 43.9 Å². The molecule has 2 aliphatic rings. The molecule has 37 heavy (non-hydrogen) atoms. The molecule has 0 saturated heterocycles. The summed E-state index contributed by atoms with van der Waals surface area (Å²) >= 11 is 0. The van der Waals surface area contributed by atoms with Gasteiger partial charge in [0, 0.05) is 42.3 Å². The third-order valence-electron chi connectivity index (χ3n) is 7.38. The van der Waals surface area contributed by atoms with Crippen molar-refractivity contribution in [2.75, 3.05) is 25.6 Å². The lowest BCUT2D eigenvalue weighted by molar-refractivity contribution is -0.131. The number of carboxylic acids is 1.